The molecule has 3 nitrogen and oxygen atoms in total. The lowest BCUT2D eigenvalue weighted by Gasteiger charge is -2.33. The maximum atomic E-state index is 11.2. The summed E-state index contributed by atoms with van der Waals surface area (Å²) in [4.78, 5) is 11.2. The Hall–Kier alpha value is -0.570. The number of ether oxygens (including phenoxy) is 1. The topological polar surface area (TPSA) is 46.5 Å². The van der Waals surface area contributed by atoms with E-state index in [9.17, 15) is 9.90 Å². The minimum Gasteiger partial charge on any atom is -0.459 e. The van der Waals surface area contributed by atoms with Gasteiger partial charge in [0.15, 0.2) is 0 Å². The first kappa shape index (κ1) is 8.05. The van der Waals surface area contributed by atoms with Crippen molar-refractivity contribution in [1.82, 2.24) is 0 Å². The molecule has 0 unspecified atom stereocenters. The molecule has 1 saturated carbocycles. The summed E-state index contributed by atoms with van der Waals surface area (Å²) in [6.45, 7) is 1.76. The van der Waals surface area contributed by atoms with Crippen LogP contribution in [0.4, 0.5) is 0 Å². The van der Waals surface area contributed by atoms with E-state index in [1.54, 1.807) is 6.92 Å². The van der Waals surface area contributed by atoms with Crippen LogP contribution >= 0.6 is 0 Å². The lowest BCUT2D eigenvalue weighted by atomic mass is 9.76. The molecular formula is C9H14O3. The van der Waals surface area contributed by atoms with Crippen LogP contribution in [-0.4, -0.2) is 22.8 Å². The third-order valence-corrected chi connectivity index (χ3v) is 3.21. The molecule has 2 fully saturated rings. The summed E-state index contributed by atoms with van der Waals surface area (Å²) in [6.07, 6.45) is 3.38. The zero-order valence-corrected chi connectivity index (χ0v) is 7.25. The molecule has 0 bridgehead atoms. The standard InChI is InChI=1S/C9H14O3/c1-6-8(10)12-7-4-2-3-5-9(6,7)11/h6-7,11H,2-5H2,1H3/t6-,7-,9+/m1/s1. The molecule has 2 rings (SSSR count). The van der Waals surface area contributed by atoms with E-state index < -0.39 is 5.60 Å². The third kappa shape index (κ3) is 0.891. The van der Waals surface area contributed by atoms with Crippen molar-refractivity contribution in [3.63, 3.8) is 0 Å². The molecule has 12 heavy (non-hydrogen) atoms. The Balaban J connectivity index is 2.25. The number of rotatable bonds is 0. The Bertz CT molecular complexity index is 214. The molecule has 68 valence electrons. The van der Waals surface area contributed by atoms with Gasteiger partial charge in [-0.25, -0.2) is 0 Å². The summed E-state index contributed by atoms with van der Waals surface area (Å²) in [5.41, 5.74) is -0.852. The van der Waals surface area contributed by atoms with E-state index in [-0.39, 0.29) is 18.0 Å². The summed E-state index contributed by atoms with van der Waals surface area (Å²) >= 11 is 0. The van der Waals surface area contributed by atoms with Crippen molar-refractivity contribution in [3.8, 4) is 0 Å². The van der Waals surface area contributed by atoms with Gasteiger partial charge in [-0.2, -0.15) is 0 Å². The van der Waals surface area contributed by atoms with Gasteiger partial charge in [-0.3, -0.25) is 4.79 Å². The monoisotopic (exact) mass is 170 g/mol. The number of fused-ring (bicyclic) bond motifs is 1. The SMILES string of the molecule is C[C@@H]1C(=O)O[C@@H]2CCCC[C@]12O. The zero-order chi connectivity index (χ0) is 8.77. The van der Waals surface area contributed by atoms with Crippen LogP contribution in [-0.2, 0) is 9.53 Å². The highest BCUT2D eigenvalue weighted by atomic mass is 16.6. The maximum Gasteiger partial charge on any atom is 0.312 e. The maximum absolute atomic E-state index is 11.2. The molecule has 0 spiro atoms. The van der Waals surface area contributed by atoms with Gasteiger partial charge in [0.25, 0.3) is 0 Å². The Labute approximate surface area is 71.7 Å². The molecule has 0 aromatic rings. The fraction of sp³-hybridized carbons (Fsp3) is 0.889. The first-order valence-electron chi connectivity index (χ1n) is 4.57. The first-order chi connectivity index (χ1) is 5.64. The highest BCUT2D eigenvalue weighted by molar-refractivity contribution is 5.76. The highest BCUT2D eigenvalue weighted by Crippen LogP contribution is 2.42. The summed E-state index contributed by atoms with van der Waals surface area (Å²) in [5.74, 6) is -0.563. The molecule has 3 atom stereocenters. The molecule has 0 amide bonds. The number of hydrogen-bond donors (Lipinski definition) is 1. The molecule has 0 radical (unpaired) electrons. The van der Waals surface area contributed by atoms with Gasteiger partial charge in [-0.15, -0.1) is 0 Å². The average Bonchev–Trinajstić information content (AvgIpc) is 2.28. The molecular weight excluding hydrogens is 156 g/mol. The van der Waals surface area contributed by atoms with E-state index in [2.05, 4.69) is 0 Å². The number of carbonyl (C=O) groups excluding carboxylic acids is 1. The second-order valence-corrected chi connectivity index (χ2v) is 3.88. The van der Waals surface area contributed by atoms with Gasteiger partial charge < -0.3 is 9.84 Å². The average molecular weight is 170 g/mol. The van der Waals surface area contributed by atoms with Gasteiger partial charge in [-0.1, -0.05) is 6.42 Å². The van der Waals surface area contributed by atoms with E-state index in [4.69, 9.17) is 4.74 Å². The normalized spacial score (nSPS) is 47.0. The van der Waals surface area contributed by atoms with Crippen molar-refractivity contribution in [2.75, 3.05) is 0 Å². The van der Waals surface area contributed by atoms with E-state index in [0.717, 1.165) is 19.3 Å². The van der Waals surface area contributed by atoms with Crippen molar-refractivity contribution in [2.24, 2.45) is 5.92 Å². The molecule has 1 heterocycles. The number of esters is 1. The Morgan fingerprint density at radius 2 is 2.33 bits per heavy atom. The number of carbonyl (C=O) groups is 1. The van der Waals surface area contributed by atoms with Crippen molar-refractivity contribution in [2.45, 2.75) is 44.3 Å². The first-order valence-corrected chi connectivity index (χ1v) is 4.57. The quantitative estimate of drug-likeness (QED) is 0.548. The van der Waals surface area contributed by atoms with E-state index >= 15 is 0 Å². The molecule has 0 aromatic heterocycles. The predicted molar refractivity (Wildman–Crippen MR) is 42.5 cm³/mol. The van der Waals surface area contributed by atoms with Crippen molar-refractivity contribution in [1.29, 1.82) is 0 Å². The van der Waals surface area contributed by atoms with Crippen LogP contribution in [0.1, 0.15) is 32.6 Å². The van der Waals surface area contributed by atoms with Crippen molar-refractivity contribution < 1.29 is 14.6 Å². The van der Waals surface area contributed by atoms with Gasteiger partial charge in [0.2, 0.25) is 0 Å². The second kappa shape index (κ2) is 2.46. The molecule has 1 aliphatic heterocycles. The van der Waals surface area contributed by atoms with Gasteiger partial charge >= 0.3 is 5.97 Å². The predicted octanol–water partition coefficient (Wildman–Crippen LogP) is 0.853. The largest absolute Gasteiger partial charge is 0.459 e. The van der Waals surface area contributed by atoms with Crippen LogP contribution in [0.3, 0.4) is 0 Å². The fourth-order valence-electron chi connectivity index (χ4n) is 2.25. The lowest BCUT2D eigenvalue weighted by molar-refractivity contribution is -0.144. The molecule has 1 N–H and O–H groups in total. The van der Waals surface area contributed by atoms with Gasteiger partial charge in [0.05, 0.1) is 5.92 Å². The molecule has 1 aliphatic carbocycles. The van der Waals surface area contributed by atoms with E-state index in [0.29, 0.717) is 6.42 Å². The summed E-state index contributed by atoms with van der Waals surface area (Å²) in [5, 5.41) is 10.1. The lowest BCUT2D eigenvalue weighted by Crippen LogP contribution is -2.45. The second-order valence-electron chi connectivity index (χ2n) is 3.88. The molecule has 0 aromatic carbocycles. The highest BCUT2D eigenvalue weighted by Gasteiger charge is 2.54. The fourth-order valence-corrected chi connectivity index (χ4v) is 2.25. The Kier molecular flexibility index (Phi) is 1.65. The number of aliphatic hydroxyl groups is 1. The summed E-state index contributed by atoms with van der Waals surface area (Å²) < 4.78 is 5.09. The summed E-state index contributed by atoms with van der Waals surface area (Å²) in [7, 11) is 0. The minimum atomic E-state index is -0.852. The molecule has 3 heteroatoms. The van der Waals surface area contributed by atoms with E-state index in [1.165, 1.54) is 0 Å². The smallest absolute Gasteiger partial charge is 0.312 e. The van der Waals surface area contributed by atoms with Crippen LogP contribution in [0.25, 0.3) is 0 Å². The van der Waals surface area contributed by atoms with Gasteiger partial charge in [0.1, 0.15) is 11.7 Å². The van der Waals surface area contributed by atoms with Gasteiger partial charge in [0, 0.05) is 0 Å². The summed E-state index contributed by atoms with van der Waals surface area (Å²) in [6, 6.07) is 0. The minimum absolute atomic E-state index is 0.228. The van der Waals surface area contributed by atoms with Crippen LogP contribution in [0, 0.1) is 5.92 Å². The Morgan fingerprint density at radius 1 is 1.58 bits per heavy atom. The molecule has 2 aliphatic rings. The van der Waals surface area contributed by atoms with Crippen LogP contribution in [0.15, 0.2) is 0 Å². The van der Waals surface area contributed by atoms with Crippen molar-refractivity contribution >= 4 is 5.97 Å². The van der Waals surface area contributed by atoms with Crippen LogP contribution < -0.4 is 0 Å². The zero-order valence-electron chi connectivity index (χ0n) is 7.25. The van der Waals surface area contributed by atoms with Gasteiger partial charge in [-0.05, 0) is 26.2 Å². The number of hydrogen-bond acceptors (Lipinski definition) is 3. The van der Waals surface area contributed by atoms with E-state index in [1.807, 2.05) is 0 Å². The Morgan fingerprint density at radius 3 is 3.00 bits per heavy atom. The van der Waals surface area contributed by atoms with Crippen LogP contribution in [0.2, 0.25) is 0 Å². The van der Waals surface area contributed by atoms with Crippen molar-refractivity contribution in [3.05, 3.63) is 0 Å². The van der Waals surface area contributed by atoms with Crippen LogP contribution in [0.5, 0.6) is 0 Å². The molecule has 1 saturated heterocycles. The third-order valence-electron chi connectivity index (χ3n) is 3.21.